The third-order valence-corrected chi connectivity index (χ3v) is 4.95. The minimum absolute atomic E-state index is 0.0216. The lowest BCUT2D eigenvalue weighted by atomic mass is 9.81. The maximum absolute atomic E-state index is 6.46. The summed E-state index contributed by atoms with van der Waals surface area (Å²) in [5.41, 5.74) is 7.51. The molecule has 0 spiro atoms. The van der Waals surface area contributed by atoms with Crippen LogP contribution in [0.1, 0.15) is 44.6 Å². The van der Waals surface area contributed by atoms with Crippen LogP contribution in [-0.2, 0) is 11.2 Å². The van der Waals surface area contributed by atoms with Crippen molar-refractivity contribution in [1.29, 1.82) is 0 Å². The van der Waals surface area contributed by atoms with E-state index in [1.54, 1.807) is 6.07 Å². The summed E-state index contributed by atoms with van der Waals surface area (Å²) in [6.45, 7) is 2.75. The number of benzene rings is 1. The zero-order valence-corrected chi connectivity index (χ0v) is 14.2. The first-order valence-electron chi connectivity index (χ1n) is 7.93. The van der Waals surface area contributed by atoms with Crippen LogP contribution < -0.4 is 5.73 Å². The number of hydrogen-bond acceptors (Lipinski definition) is 2. The summed E-state index contributed by atoms with van der Waals surface area (Å²) >= 11 is 12.2. The summed E-state index contributed by atoms with van der Waals surface area (Å²) in [4.78, 5) is 0. The van der Waals surface area contributed by atoms with Crippen molar-refractivity contribution >= 4 is 23.2 Å². The average molecular weight is 330 g/mol. The molecule has 1 fully saturated rings. The lowest BCUT2D eigenvalue weighted by molar-refractivity contribution is -0.00911. The zero-order chi connectivity index (χ0) is 15.2. The fourth-order valence-corrected chi connectivity index (χ4v) is 3.81. The lowest BCUT2D eigenvalue weighted by Gasteiger charge is -2.34. The summed E-state index contributed by atoms with van der Waals surface area (Å²) in [6.07, 6.45) is 7.25. The molecule has 21 heavy (non-hydrogen) atoms. The van der Waals surface area contributed by atoms with Crippen molar-refractivity contribution in [2.75, 3.05) is 6.61 Å². The first-order valence-corrected chi connectivity index (χ1v) is 8.68. The van der Waals surface area contributed by atoms with Crippen LogP contribution in [0.15, 0.2) is 18.2 Å². The second-order valence-electron chi connectivity index (χ2n) is 5.92. The van der Waals surface area contributed by atoms with E-state index in [9.17, 15) is 0 Å². The van der Waals surface area contributed by atoms with Gasteiger partial charge in [0.2, 0.25) is 0 Å². The fourth-order valence-electron chi connectivity index (χ4n) is 3.32. The van der Waals surface area contributed by atoms with E-state index < -0.39 is 0 Å². The molecule has 1 aliphatic carbocycles. The molecule has 4 heteroatoms. The fraction of sp³-hybridized carbons (Fsp3) is 0.647. The maximum atomic E-state index is 6.46. The van der Waals surface area contributed by atoms with E-state index in [1.165, 1.54) is 32.1 Å². The highest BCUT2D eigenvalue weighted by atomic mass is 35.5. The second-order valence-corrected chi connectivity index (χ2v) is 6.77. The van der Waals surface area contributed by atoms with Gasteiger partial charge in [0.25, 0.3) is 0 Å². The Morgan fingerprint density at radius 1 is 1.24 bits per heavy atom. The first-order chi connectivity index (χ1) is 10.1. The summed E-state index contributed by atoms with van der Waals surface area (Å²) in [7, 11) is 0. The van der Waals surface area contributed by atoms with Gasteiger partial charge in [0, 0.05) is 22.7 Å². The average Bonchev–Trinajstić information content (AvgIpc) is 2.48. The smallest absolute Gasteiger partial charge is 0.0757 e. The minimum Gasteiger partial charge on any atom is -0.377 e. The second kappa shape index (κ2) is 8.38. The predicted octanol–water partition coefficient (Wildman–Crippen LogP) is 4.85. The molecule has 0 saturated heterocycles. The molecule has 0 aromatic heterocycles. The number of rotatable bonds is 6. The van der Waals surface area contributed by atoms with E-state index >= 15 is 0 Å². The number of halogens is 2. The Kier molecular flexibility index (Phi) is 6.81. The topological polar surface area (TPSA) is 35.2 Å². The van der Waals surface area contributed by atoms with Crippen molar-refractivity contribution in [3.63, 3.8) is 0 Å². The van der Waals surface area contributed by atoms with Gasteiger partial charge in [-0.1, -0.05) is 48.5 Å². The maximum Gasteiger partial charge on any atom is 0.0757 e. The van der Waals surface area contributed by atoms with E-state index in [2.05, 4.69) is 0 Å². The molecule has 118 valence electrons. The molecule has 1 aliphatic rings. The molecule has 1 saturated carbocycles. The van der Waals surface area contributed by atoms with Gasteiger partial charge in [0.05, 0.1) is 6.10 Å². The van der Waals surface area contributed by atoms with Gasteiger partial charge in [-0.25, -0.2) is 0 Å². The molecule has 2 nitrogen and oxygen atoms in total. The standard InChI is InChI=1S/C17H25Cl2NO/c1-2-21-17(12-6-4-3-5-7-12)16(20)10-13-8-9-14(18)11-15(13)19/h8-9,11-12,16-17H,2-7,10,20H2,1H3. The van der Waals surface area contributed by atoms with Crippen molar-refractivity contribution in [2.45, 2.75) is 57.6 Å². The molecule has 0 amide bonds. The molecular formula is C17H25Cl2NO. The largest absolute Gasteiger partial charge is 0.377 e. The Balaban J connectivity index is 2.04. The first kappa shape index (κ1) is 17.1. The molecule has 1 aromatic rings. The molecule has 1 aromatic carbocycles. The molecule has 2 N–H and O–H groups in total. The Morgan fingerprint density at radius 2 is 1.95 bits per heavy atom. The molecule has 0 heterocycles. The van der Waals surface area contributed by atoms with Crippen LogP contribution in [0.2, 0.25) is 10.0 Å². The van der Waals surface area contributed by atoms with Crippen molar-refractivity contribution in [2.24, 2.45) is 11.7 Å². The van der Waals surface area contributed by atoms with E-state index in [1.807, 2.05) is 19.1 Å². The predicted molar refractivity (Wildman–Crippen MR) is 90.1 cm³/mol. The Hall–Kier alpha value is -0.280. The Bertz CT molecular complexity index is 446. The van der Waals surface area contributed by atoms with Gasteiger partial charge in [-0.15, -0.1) is 0 Å². The molecule has 2 rings (SSSR count). The molecular weight excluding hydrogens is 305 g/mol. The number of ether oxygens (including phenoxy) is 1. The normalized spacial score (nSPS) is 19.4. The van der Waals surface area contributed by atoms with E-state index in [0.29, 0.717) is 22.6 Å². The van der Waals surface area contributed by atoms with Gasteiger partial charge >= 0.3 is 0 Å². The van der Waals surface area contributed by atoms with E-state index in [4.69, 9.17) is 33.7 Å². The van der Waals surface area contributed by atoms with Crippen LogP contribution in [0.4, 0.5) is 0 Å². The number of hydrogen-bond donors (Lipinski definition) is 1. The summed E-state index contributed by atoms with van der Waals surface area (Å²) < 4.78 is 5.98. The van der Waals surface area contributed by atoms with Crippen LogP contribution in [0.5, 0.6) is 0 Å². The Morgan fingerprint density at radius 3 is 2.57 bits per heavy atom. The molecule has 0 aliphatic heterocycles. The van der Waals surface area contributed by atoms with Gasteiger partial charge in [-0.05, 0) is 49.8 Å². The monoisotopic (exact) mass is 329 g/mol. The third-order valence-electron chi connectivity index (χ3n) is 4.37. The molecule has 2 atom stereocenters. The van der Waals surface area contributed by atoms with Gasteiger partial charge < -0.3 is 10.5 Å². The lowest BCUT2D eigenvalue weighted by Crippen LogP contribution is -2.44. The van der Waals surface area contributed by atoms with Gasteiger partial charge in [-0.2, -0.15) is 0 Å². The third kappa shape index (κ3) is 4.85. The van der Waals surface area contributed by atoms with Crippen LogP contribution in [0, 0.1) is 5.92 Å². The van der Waals surface area contributed by atoms with Crippen LogP contribution in [0.25, 0.3) is 0 Å². The van der Waals surface area contributed by atoms with Crippen molar-refractivity contribution < 1.29 is 4.74 Å². The minimum atomic E-state index is -0.0216. The SMILES string of the molecule is CCOC(C(N)Cc1ccc(Cl)cc1Cl)C1CCCCC1. The Labute approximate surface area is 137 Å². The highest BCUT2D eigenvalue weighted by Gasteiger charge is 2.29. The number of nitrogens with two attached hydrogens (primary N) is 1. The molecule has 0 radical (unpaired) electrons. The van der Waals surface area contributed by atoms with Crippen molar-refractivity contribution in [3.8, 4) is 0 Å². The van der Waals surface area contributed by atoms with Crippen LogP contribution >= 0.6 is 23.2 Å². The van der Waals surface area contributed by atoms with Crippen LogP contribution in [0.3, 0.4) is 0 Å². The van der Waals surface area contributed by atoms with Crippen molar-refractivity contribution in [3.05, 3.63) is 33.8 Å². The van der Waals surface area contributed by atoms with Gasteiger partial charge in [0.15, 0.2) is 0 Å². The van der Waals surface area contributed by atoms with E-state index in [-0.39, 0.29) is 12.1 Å². The quantitative estimate of drug-likeness (QED) is 0.809. The molecule has 0 bridgehead atoms. The highest BCUT2D eigenvalue weighted by Crippen LogP contribution is 2.31. The van der Waals surface area contributed by atoms with E-state index in [0.717, 1.165) is 12.0 Å². The van der Waals surface area contributed by atoms with Crippen LogP contribution in [-0.4, -0.2) is 18.8 Å². The molecule has 2 unspecified atom stereocenters. The van der Waals surface area contributed by atoms with Gasteiger partial charge in [-0.3, -0.25) is 0 Å². The highest BCUT2D eigenvalue weighted by molar-refractivity contribution is 6.35. The van der Waals surface area contributed by atoms with Crippen molar-refractivity contribution in [1.82, 2.24) is 0 Å². The van der Waals surface area contributed by atoms with Gasteiger partial charge in [0.1, 0.15) is 0 Å². The summed E-state index contributed by atoms with van der Waals surface area (Å²) in [5, 5.41) is 1.35. The zero-order valence-electron chi connectivity index (χ0n) is 12.7. The summed E-state index contributed by atoms with van der Waals surface area (Å²) in [5.74, 6) is 0.583. The summed E-state index contributed by atoms with van der Waals surface area (Å²) in [6, 6.07) is 5.59.